The molecule has 0 atom stereocenters. The van der Waals surface area contributed by atoms with E-state index in [1.54, 1.807) is 0 Å². The van der Waals surface area contributed by atoms with Crippen LogP contribution in [-0.2, 0) is 17.6 Å². The number of rotatable bonds is 8. The third-order valence-corrected chi connectivity index (χ3v) is 2.22. The van der Waals surface area contributed by atoms with Crippen LogP contribution < -0.4 is 5.32 Å². The van der Waals surface area contributed by atoms with Crippen molar-refractivity contribution < 1.29 is 18.0 Å². The smallest absolute Gasteiger partial charge is 0.261 e. The van der Waals surface area contributed by atoms with E-state index in [2.05, 4.69) is 36.2 Å². The van der Waals surface area contributed by atoms with E-state index in [-0.39, 0.29) is 12.1 Å². The molecule has 0 radical (unpaired) electrons. The van der Waals surface area contributed by atoms with E-state index in [1.165, 1.54) is 0 Å². The highest BCUT2D eigenvalue weighted by Gasteiger charge is 2.11. The summed E-state index contributed by atoms with van der Waals surface area (Å²) in [5.41, 5.74) is 0.0476. The number of alkyl halides is 2. The summed E-state index contributed by atoms with van der Waals surface area (Å²) in [6.07, 6.45) is -1.42. The molecule has 1 aromatic heterocycles. The normalized spacial score (nSPS) is 12.3. The molecule has 0 bridgehead atoms. The quantitative estimate of drug-likeness (QED) is 0.734. The SMILES string of the molecule is CC(C)(C)NCCc1nc(CCOCC(F)F)no1. The Kier molecular flexibility index (Phi) is 6.30. The molecule has 19 heavy (non-hydrogen) atoms. The number of hydrogen-bond donors (Lipinski definition) is 1. The molecular weight excluding hydrogens is 256 g/mol. The molecule has 5 nitrogen and oxygen atoms in total. The Balaban J connectivity index is 2.21. The van der Waals surface area contributed by atoms with Gasteiger partial charge in [0.25, 0.3) is 6.43 Å². The lowest BCUT2D eigenvalue weighted by molar-refractivity contribution is 0.0182. The summed E-state index contributed by atoms with van der Waals surface area (Å²) in [6.45, 7) is 6.59. The van der Waals surface area contributed by atoms with Gasteiger partial charge in [-0.05, 0) is 20.8 Å². The summed E-state index contributed by atoms with van der Waals surface area (Å²) in [5, 5.41) is 7.08. The molecule has 1 heterocycles. The van der Waals surface area contributed by atoms with Gasteiger partial charge in [-0.15, -0.1) is 0 Å². The molecular formula is C12H21F2N3O2. The van der Waals surface area contributed by atoms with Crippen LogP contribution in [0.15, 0.2) is 4.52 Å². The average molecular weight is 277 g/mol. The van der Waals surface area contributed by atoms with E-state index in [1.807, 2.05) is 0 Å². The lowest BCUT2D eigenvalue weighted by Gasteiger charge is -2.19. The first kappa shape index (κ1) is 16.0. The second-order valence-corrected chi connectivity index (χ2v) is 5.25. The number of halogens is 2. The molecule has 0 saturated heterocycles. The van der Waals surface area contributed by atoms with Crippen molar-refractivity contribution in [1.29, 1.82) is 0 Å². The number of aromatic nitrogens is 2. The summed E-state index contributed by atoms with van der Waals surface area (Å²) >= 11 is 0. The minimum absolute atomic E-state index is 0.0476. The van der Waals surface area contributed by atoms with E-state index < -0.39 is 13.0 Å². The van der Waals surface area contributed by atoms with Crippen LogP contribution in [-0.4, -0.2) is 41.9 Å². The van der Waals surface area contributed by atoms with Gasteiger partial charge in [-0.1, -0.05) is 5.16 Å². The predicted octanol–water partition coefficient (Wildman–Crippen LogP) is 1.82. The third-order valence-electron chi connectivity index (χ3n) is 2.22. The average Bonchev–Trinajstić information content (AvgIpc) is 2.70. The Labute approximate surface area is 111 Å². The lowest BCUT2D eigenvalue weighted by Crippen LogP contribution is -2.37. The highest BCUT2D eigenvalue weighted by molar-refractivity contribution is 4.87. The van der Waals surface area contributed by atoms with Gasteiger partial charge in [0.1, 0.15) is 6.61 Å². The molecule has 7 heteroatoms. The first-order valence-electron chi connectivity index (χ1n) is 6.29. The maximum absolute atomic E-state index is 11.8. The summed E-state index contributed by atoms with van der Waals surface area (Å²) in [7, 11) is 0. The van der Waals surface area contributed by atoms with Gasteiger partial charge < -0.3 is 14.6 Å². The molecule has 0 aliphatic carbocycles. The van der Waals surface area contributed by atoms with E-state index in [0.29, 0.717) is 24.6 Å². The summed E-state index contributed by atoms with van der Waals surface area (Å²) in [4.78, 5) is 4.16. The Morgan fingerprint density at radius 2 is 2.05 bits per heavy atom. The minimum atomic E-state index is -2.44. The van der Waals surface area contributed by atoms with Crippen LogP contribution in [0.25, 0.3) is 0 Å². The highest BCUT2D eigenvalue weighted by atomic mass is 19.3. The van der Waals surface area contributed by atoms with Gasteiger partial charge in [0.05, 0.1) is 6.61 Å². The Bertz CT molecular complexity index is 364. The lowest BCUT2D eigenvalue weighted by atomic mass is 10.1. The third kappa shape index (κ3) is 7.84. The molecule has 0 amide bonds. The topological polar surface area (TPSA) is 60.2 Å². The molecule has 0 saturated carbocycles. The summed E-state index contributed by atoms with van der Waals surface area (Å²) < 4.78 is 33.4. The van der Waals surface area contributed by atoms with Crippen molar-refractivity contribution in [2.75, 3.05) is 19.8 Å². The van der Waals surface area contributed by atoms with Crippen LogP contribution in [0.3, 0.4) is 0 Å². The zero-order valence-electron chi connectivity index (χ0n) is 11.6. The number of nitrogens with zero attached hydrogens (tertiary/aromatic N) is 2. The maximum Gasteiger partial charge on any atom is 0.261 e. The van der Waals surface area contributed by atoms with Crippen molar-refractivity contribution in [3.63, 3.8) is 0 Å². The van der Waals surface area contributed by atoms with Crippen LogP contribution in [0.4, 0.5) is 8.78 Å². The molecule has 0 fully saturated rings. The molecule has 0 aliphatic heterocycles. The van der Waals surface area contributed by atoms with Crippen molar-refractivity contribution >= 4 is 0 Å². The van der Waals surface area contributed by atoms with Gasteiger partial charge in [-0.25, -0.2) is 8.78 Å². The van der Waals surface area contributed by atoms with Gasteiger partial charge in [0, 0.05) is 24.9 Å². The second-order valence-electron chi connectivity index (χ2n) is 5.25. The number of nitrogens with one attached hydrogen (secondary N) is 1. The van der Waals surface area contributed by atoms with Crippen LogP contribution in [0.1, 0.15) is 32.5 Å². The molecule has 110 valence electrons. The van der Waals surface area contributed by atoms with E-state index in [4.69, 9.17) is 9.26 Å². The number of hydrogen-bond acceptors (Lipinski definition) is 5. The summed E-state index contributed by atoms with van der Waals surface area (Å²) in [5.74, 6) is 1.03. The molecule has 0 unspecified atom stereocenters. The highest BCUT2D eigenvalue weighted by Crippen LogP contribution is 2.02. The first-order valence-corrected chi connectivity index (χ1v) is 6.29. The van der Waals surface area contributed by atoms with Gasteiger partial charge in [-0.3, -0.25) is 0 Å². The second kappa shape index (κ2) is 7.49. The largest absolute Gasteiger partial charge is 0.375 e. The van der Waals surface area contributed by atoms with Crippen LogP contribution in [0.5, 0.6) is 0 Å². The predicted molar refractivity (Wildman–Crippen MR) is 66.3 cm³/mol. The fourth-order valence-corrected chi connectivity index (χ4v) is 1.37. The maximum atomic E-state index is 11.8. The molecule has 1 rings (SSSR count). The fraction of sp³-hybridized carbons (Fsp3) is 0.833. The Hall–Kier alpha value is -1.08. The van der Waals surface area contributed by atoms with Crippen LogP contribution in [0.2, 0.25) is 0 Å². The van der Waals surface area contributed by atoms with E-state index in [0.717, 1.165) is 6.54 Å². The molecule has 1 N–H and O–H groups in total. The van der Waals surface area contributed by atoms with Gasteiger partial charge in [0.15, 0.2) is 5.82 Å². The Morgan fingerprint density at radius 1 is 1.32 bits per heavy atom. The summed E-state index contributed by atoms with van der Waals surface area (Å²) in [6, 6.07) is 0. The van der Waals surface area contributed by atoms with E-state index in [9.17, 15) is 8.78 Å². The molecule has 1 aromatic rings. The van der Waals surface area contributed by atoms with Crippen molar-refractivity contribution in [3.8, 4) is 0 Å². The van der Waals surface area contributed by atoms with E-state index >= 15 is 0 Å². The van der Waals surface area contributed by atoms with Crippen LogP contribution >= 0.6 is 0 Å². The van der Waals surface area contributed by atoms with Crippen molar-refractivity contribution in [3.05, 3.63) is 11.7 Å². The minimum Gasteiger partial charge on any atom is -0.375 e. The zero-order valence-corrected chi connectivity index (χ0v) is 11.6. The molecule has 0 spiro atoms. The number of ether oxygens (including phenoxy) is 1. The van der Waals surface area contributed by atoms with Crippen molar-refractivity contribution in [2.24, 2.45) is 0 Å². The van der Waals surface area contributed by atoms with Gasteiger partial charge in [-0.2, -0.15) is 4.98 Å². The monoisotopic (exact) mass is 277 g/mol. The van der Waals surface area contributed by atoms with Crippen molar-refractivity contribution in [2.45, 2.75) is 45.6 Å². The standard InChI is InChI=1S/C12H21F2N3O2/c1-12(2,3)15-6-4-11-16-10(17-19-11)5-7-18-8-9(13)14/h9,15H,4-8H2,1-3H3. The van der Waals surface area contributed by atoms with Crippen LogP contribution in [0, 0.1) is 0 Å². The van der Waals surface area contributed by atoms with Gasteiger partial charge in [0.2, 0.25) is 5.89 Å². The molecule has 0 aliphatic rings. The van der Waals surface area contributed by atoms with Crippen molar-refractivity contribution in [1.82, 2.24) is 15.5 Å². The Morgan fingerprint density at radius 3 is 2.68 bits per heavy atom. The first-order chi connectivity index (χ1) is 8.87. The fourth-order valence-electron chi connectivity index (χ4n) is 1.37. The molecule has 0 aromatic carbocycles. The van der Waals surface area contributed by atoms with Gasteiger partial charge >= 0.3 is 0 Å². The zero-order chi connectivity index (χ0) is 14.3.